The Morgan fingerprint density at radius 3 is 2.27 bits per heavy atom. The van der Waals surface area contributed by atoms with Gasteiger partial charge in [0.15, 0.2) is 0 Å². The van der Waals surface area contributed by atoms with Crippen LogP contribution in [0.25, 0.3) is 0 Å². The van der Waals surface area contributed by atoms with Crippen molar-refractivity contribution >= 4 is 0 Å². The molecule has 0 aliphatic carbocycles. The highest BCUT2D eigenvalue weighted by molar-refractivity contribution is 5.24. The minimum absolute atomic E-state index is 0.618. The number of unbranched alkanes of at least 4 members (excludes halogenated alkanes) is 1. The van der Waals surface area contributed by atoms with E-state index in [2.05, 4.69) is 27.0 Å². The van der Waals surface area contributed by atoms with Crippen molar-refractivity contribution in [1.29, 1.82) is 0 Å². The fourth-order valence-corrected chi connectivity index (χ4v) is 1.11. The fraction of sp³-hybridized carbons (Fsp3) is 0.636. The lowest BCUT2D eigenvalue weighted by Gasteiger charge is -2.13. The maximum absolute atomic E-state index is 4.01. The lowest BCUT2D eigenvalue weighted by Crippen LogP contribution is -1.98. The topological polar surface area (TPSA) is 0 Å². The largest absolute Gasteiger partial charge is 0.0958 e. The first-order valence-electron chi connectivity index (χ1n) is 4.44. The van der Waals surface area contributed by atoms with Crippen LogP contribution >= 0.6 is 0 Å². The molecule has 0 spiro atoms. The lowest BCUT2D eigenvalue weighted by atomic mass is 9.93. The van der Waals surface area contributed by atoms with Gasteiger partial charge in [-0.1, -0.05) is 51.0 Å². The first-order valence-corrected chi connectivity index (χ1v) is 4.44. The molecule has 1 atom stereocenters. The van der Waals surface area contributed by atoms with E-state index in [1.807, 2.05) is 6.92 Å². The van der Waals surface area contributed by atoms with E-state index in [1.54, 1.807) is 0 Å². The van der Waals surface area contributed by atoms with E-state index in [4.69, 9.17) is 0 Å². The third kappa shape index (κ3) is 4.02. The summed E-state index contributed by atoms with van der Waals surface area (Å²) >= 11 is 0. The van der Waals surface area contributed by atoms with Crippen molar-refractivity contribution in [3.8, 4) is 0 Å². The number of hydrogen-bond donors (Lipinski definition) is 0. The molecule has 0 amide bonds. The SMILES string of the molecule is C=C(C)C(=C)C(C)CCCC. The zero-order valence-electron chi connectivity index (χ0n) is 8.11. The van der Waals surface area contributed by atoms with Crippen LogP contribution in [0.2, 0.25) is 0 Å². The summed E-state index contributed by atoms with van der Waals surface area (Å²) < 4.78 is 0. The second kappa shape index (κ2) is 5.17. The molecule has 1 unspecified atom stereocenters. The monoisotopic (exact) mass is 152 g/mol. The summed E-state index contributed by atoms with van der Waals surface area (Å²) in [6.45, 7) is 14.4. The zero-order chi connectivity index (χ0) is 8.85. The molecule has 11 heavy (non-hydrogen) atoms. The molecule has 0 fully saturated rings. The van der Waals surface area contributed by atoms with Crippen LogP contribution in [0.4, 0.5) is 0 Å². The number of allylic oxidation sites excluding steroid dienone is 2. The van der Waals surface area contributed by atoms with Crippen molar-refractivity contribution in [2.75, 3.05) is 0 Å². The molecule has 0 aromatic heterocycles. The van der Waals surface area contributed by atoms with Crippen molar-refractivity contribution in [1.82, 2.24) is 0 Å². The van der Waals surface area contributed by atoms with E-state index in [9.17, 15) is 0 Å². The Hall–Kier alpha value is -0.520. The average Bonchev–Trinajstić information content (AvgIpc) is 1.98. The van der Waals surface area contributed by atoms with Gasteiger partial charge in [0.05, 0.1) is 0 Å². The van der Waals surface area contributed by atoms with Gasteiger partial charge in [-0.3, -0.25) is 0 Å². The summed E-state index contributed by atoms with van der Waals surface area (Å²) in [5.41, 5.74) is 2.35. The van der Waals surface area contributed by atoms with Gasteiger partial charge in [0, 0.05) is 0 Å². The van der Waals surface area contributed by atoms with E-state index in [0.29, 0.717) is 5.92 Å². The summed E-state index contributed by atoms with van der Waals surface area (Å²) in [5, 5.41) is 0. The van der Waals surface area contributed by atoms with Crippen LogP contribution in [0.15, 0.2) is 24.3 Å². The van der Waals surface area contributed by atoms with Crippen LogP contribution in [0, 0.1) is 5.92 Å². The molecule has 0 aliphatic rings. The van der Waals surface area contributed by atoms with Crippen LogP contribution in [0.1, 0.15) is 40.0 Å². The Morgan fingerprint density at radius 2 is 1.91 bits per heavy atom. The van der Waals surface area contributed by atoms with Crippen LogP contribution in [0.3, 0.4) is 0 Å². The molecule has 0 aliphatic heterocycles. The quantitative estimate of drug-likeness (QED) is 0.523. The van der Waals surface area contributed by atoms with E-state index in [1.165, 1.54) is 24.8 Å². The maximum Gasteiger partial charge on any atom is -0.0194 e. The second-order valence-corrected chi connectivity index (χ2v) is 3.35. The van der Waals surface area contributed by atoms with Crippen molar-refractivity contribution in [3.05, 3.63) is 24.3 Å². The van der Waals surface area contributed by atoms with E-state index >= 15 is 0 Å². The van der Waals surface area contributed by atoms with Crippen molar-refractivity contribution in [2.24, 2.45) is 5.92 Å². The van der Waals surface area contributed by atoms with E-state index < -0.39 is 0 Å². The predicted molar refractivity (Wildman–Crippen MR) is 52.6 cm³/mol. The second-order valence-electron chi connectivity index (χ2n) is 3.35. The number of rotatable bonds is 5. The van der Waals surface area contributed by atoms with E-state index in [0.717, 1.165) is 5.57 Å². The Morgan fingerprint density at radius 1 is 1.36 bits per heavy atom. The third-order valence-corrected chi connectivity index (χ3v) is 2.13. The molecule has 0 bridgehead atoms. The summed E-state index contributed by atoms with van der Waals surface area (Å²) in [4.78, 5) is 0. The summed E-state index contributed by atoms with van der Waals surface area (Å²) in [6.07, 6.45) is 3.82. The minimum Gasteiger partial charge on any atom is -0.0958 e. The van der Waals surface area contributed by atoms with Gasteiger partial charge in [-0.25, -0.2) is 0 Å². The molecule has 0 heterocycles. The predicted octanol–water partition coefficient (Wildman–Crippen LogP) is 3.95. The first kappa shape index (κ1) is 10.5. The van der Waals surface area contributed by atoms with Gasteiger partial charge in [-0.15, -0.1) is 0 Å². The normalized spacial score (nSPS) is 12.6. The highest BCUT2D eigenvalue weighted by Crippen LogP contribution is 2.20. The Labute approximate surface area is 71.0 Å². The third-order valence-electron chi connectivity index (χ3n) is 2.13. The molecule has 0 aromatic rings. The number of hydrogen-bond acceptors (Lipinski definition) is 0. The van der Waals surface area contributed by atoms with Gasteiger partial charge in [0.25, 0.3) is 0 Å². The summed E-state index contributed by atoms with van der Waals surface area (Å²) in [6, 6.07) is 0. The van der Waals surface area contributed by atoms with Gasteiger partial charge < -0.3 is 0 Å². The van der Waals surface area contributed by atoms with Crippen LogP contribution in [-0.4, -0.2) is 0 Å². The van der Waals surface area contributed by atoms with Crippen LogP contribution in [-0.2, 0) is 0 Å². The Bertz CT molecular complexity index is 142. The van der Waals surface area contributed by atoms with E-state index in [-0.39, 0.29) is 0 Å². The molecule has 64 valence electrons. The standard InChI is InChI=1S/C11H20/c1-6-7-8-10(4)11(5)9(2)3/h10H,2,5-8H2,1,3-4H3. The smallest absolute Gasteiger partial charge is 0.0194 e. The van der Waals surface area contributed by atoms with Crippen molar-refractivity contribution in [2.45, 2.75) is 40.0 Å². The average molecular weight is 152 g/mol. The van der Waals surface area contributed by atoms with Crippen molar-refractivity contribution < 1.29 is 0 Å². The molecule has 0 N–H and O–H groups in total. The highest BCUT2D eigenvalue weighted by Gasteiger charge is 2.05. The molecular formula is C11H20. The molecule has 0 aromatic carbocycles. The fourth-order valence-electron chi connectivity index (χ4n) is 1.11. The van der Waals surface area contributed by atoms with Gasteiger partial charge in [0.2, 0.25) is 0 Å². The van der Waals surface area contributed by atoms with Gasteiger partial charge in [-0.05, 0) is 19.3 Å². The highest BCUT2D eigenvalue weighted by atomic mass is 14.1. The molecule has 0 saturated heterocycles. The van der Waals surface area contributed by atoms with Gasteiger partial charge >= 0.3 is 0 Å². The molecule has 0 radical (unpaired) electrons. The molecule has 0 heteroatoms. The van der Waals surface area contributed by atoms with Crippen LogP contribution in [0.5, 0.6) is 0 Å². The first-order chi connectivity index (χ1) is 5.09. The summed E-state index contributed by atoms with van der Waals surface area (Å²) in [5.74, 6) is 0.618. The van der Waals surface area contributed by atoms with Crippen molar-refractivity contribution in [3.63, 3.8) is 0 Å². The molecule has 0 rings (SSSR count). The van der Waals surface area contributed by atoms with Gasteiger partial charge in [0.1, 0.15) is 0 Å². The Kier molecular flexibility index (Phi) is 4.93. The Balaban J connectivity index is 3.73. The molecule has 0 saturated carbocycles. The summed E-state index contributed by atoms with van der Waals surface area (Å²) in [7, 11) is 0. The molecular weight excluding hydrogens is 132 g/mol. The molecule has 0 nitrogen and oxygen atoms in total. The maximum atomic E-state index is 4.01. The zero-order valence-corrected chi connectivity index (χ0v) is 8.11. The van der Waals surface area contributed by atoms with Gasteiger partial charge in [-0.2, -0.15) is 0 Å². The minimum atomic E-state index is 0.618. The van der Waals surface area contributed by atoms with Crippen LogP contribution < -0.4 is 0 Å². The lowest BCUT2D eigenvalue weighted by molar-refractivity contribution is 0.578.